The minimum Gasteiger partial charge on any atom is -0.395 e. The molecule has 0 aliphatic carbocycles. The molecule has 0 aliphatic rings. The summed E-state index contributed by atoms with van der Waals surface area (Å²) in [5.74, 6) is 0. The first-order valence-electron chi connectivity index (χ1n) is 9.13. The van der Waals surface area contributed by atoms with E-state index in [2.05, 4.69) is 12.1 Å². The SMILES string of the molecule is CN(CCO)CC(O)CCC[N+](CCO)(CCO)Cc1ccccc1. The van der Waals surface area contributed by atoms with Crippen molar-refractivity contribution in [1.82, 2.24) is 4.90 Å². The molecule has 1 rings (SSSR count). The molecule has 0 saturated carbocycles. The standard InChI is InChI=1S/C19H35N2O4/c1-20(9-13-22)16-19(25)8-5-10-21(11-14-23,12-15-24)17-18-6-3-2-4-7-18/h2-4,6-7,19,22-25H,5,8-17H2,1H3/q+1. The second-order valence-corrected chi connectivity index (χ2v) is 6.89. The molecule has 1 unspecified atom stereocenters. The average Bonchev–Trinajstić information content (AvgIpc) is 2.56. The highest BCUT2D eigenvalue weighted by Crippen LogP contribution is 2.17. The van der Waals surface area contributed by atoms with Crippen molar-refractivity contribution in [1.29, 1.82) is 0 Å². The van der Waals surface area contributed by atoms with Crippen molar-refractivity contribution in [3.05, 3.63) is 35.9 Å². The second-order valence-electron chi connectivity index (χ2n) is 6.89. The predicted octanol–water partition coefficient (Wildman–Crippen LogP) is 0.0532. The van der Waals surface area contributed by atoms with Crippen molar-refractivity contribution in [3.8, 4) is 0 Å². The van der Waals surface area contributed by atoms with Crippen LogP contribution in [0.4, 0.5) is 0 Å². The first-order chi connectivity index (χ1) is 12.0. The van der Waals surface area contributed by atoms with E-state index in [9.17, 15) is 15.3 Å². The minimum atomic E-state index is -0.432. The van der Waals surface area contributed by atoms with Crippen LogP contribution in [0.1, 0.15) is 18.4 Å². The maximum atomic E-state index is 10.2. The summed E-state index contributed by atoms with van der Waals surface area (Å²) in [6.07, 6.45) is 1.06. The number of hydrogen-bond donors (Lipinski definition) is 4. The van der Waals surface area contributed by atoms with Gasteiger partial charge in [0.1, 0.15) is 19.6 Å². The lowest BCUT2D eigenvalue weighted by Gasteiger charge is -2.38. The highest BCUT2D eigenvalue weighted by Gasteiger charge is 2.27. The van der Waals surface area contributed by atoms with Gasteiger partial charge in [0.25, 0.3) is 0 Å². The van der Waals surface area contributed by atoms with Crippen LogP contribution >= 0.6 is 0 Å². The van der Waals surface area contributed by atoms with E-state index in [1.807, 2.05) is 30.1 Å². The van der Waals surface area contributed by atoms with Crippen molar-refractivity contribution in [2.24, 2.45) is 0 Å². The molecule has 1 aromatic carbocycles. The van der Waals surface area contributed by atoms with Crippen LogP contribution < -0.4 is 0 Å². The van der Waals surface area contributed by atoms with Gasteiger partial charge < -0.3 is 29.8 Å². The van der Waals surface area contributed by atoms with E-state index in [1.54, 1.807) is 0 Å². The van der Waals surface area contributed by atoms with E-state index in [4.69, 9.17) is 5.11 Å². The predicted molar refractivity (Wildman–Crippen MR) is 99.0 cm³/mol. The Hall–Kier alpha value is -1.02. The summed E-state index contributed by atoms with van der Waals surface area (Å²) in [5, 5.41) is 38.1. The third-order valence-corrected chi connectivity index (χ3v) is 4.68. The second kappa shape index (κ2) is 12.4. The molecule has 144 valence electrons. The maximum absolute atomic E-state index is 10.2. The summed E-state index contributed by atoms with van der Waals surface area (Å²) in [4.78, 5) is 1.91. The van der Waals surface area contributed by atoms with Crippen LogP contribution in [-0.4, -0.2) is 95.5 Å². The summed E-state index contributed by atoms with van der Waals surface area (Å²) in [7, 11) is 1.88. The molecule has 0 amide bonds. The Bertz CT molecular complexity index is 438. The molecular weight excluding hydrogens is 320 g/mol. The van der Waals surface area contributed by atoms with Crippen LogP contribution in [0.5, 0.6) is 0 Å². The molecule has 4 N–H and O–H groups in total. The Morgan fingerprint density at radius 1 is 0.960 bits per heavy atom. The average molecular weight is 355 g/mol. The lowest BCUT2D eigenvalue weighted by molar-refractivity contribution is -0.941. The molecule has 0 aliphatic heterocycles. The van der Waals surface area contributed by atoms with Crippen LogP contribution in [0.25, 0.3) is 0 Å². The molecule has 0 fully saturated rings. The molecule has 0 bridgehead atoms. The molecule has 0 radical (unpaired) electrons. The summed E-state index contributed by atoms with van der Waals surface area (Å²) in [5.41, 5.74) is 1.19. The van der Waals surface area contributed by atoms with Crippen LogP contribution in [0, 0.1) is 0 Å². The summed E-state index contributed by atoms with van der Waals surface area (Å²) >= 11 is 0. The van der Waals surface area contributed by atoms with E-state index in [1.165, 1.54) is 5.56 Å². The molecule has 0 spiro atoms. The van der Waals surface area contributed by atoms with E-state index < -0.39 is 6.10 Å². The summed E-state index contributed by atoms with van der Waals surface area (Å²) < 4.78 is 0.621. The Morgan fingerprint density at radius 3 is 2.16 bits per heavy atom. The Morgan fingerprint density at radius 2 is 1.60 bits per heavy atom. The van der Waals surface area contributed by atoms with Crippen LogP contribution in [0.2, 0.25) is 0 Å². The molecule has 6 heteroatoms. The van der Waals surface area contributed by atoms with Gasteiger partial charge in [-0.15, -0.1) is 0 Å². The summed E-state index contributed by atoms with van der Waals surface area (Å²) in [6, 6.07) is 10.1. The highest BCUT2D eigenvalue weighted by atomic mass is 16.3. The summed E-state index contributed by atoms with van der Waals surface area (Å²) in [6.45, 7) is 4.10. The molecule has 1 atom stereocenters. The van der Waals surface area contributed by atoms with Gasteiger partial charge in [-0.1, -0.05) is 30.3 Å². The number of aliphatic hydroxyl groups is 4. The first kappa shape index (κ1) is 22.0. The fraction of sp³-hybridized carbons (Fsp3) is 0.684. The lowest BCUT2D eigenvalue weighted by atomic mass is 10.1. The van der Waals surface area contributed by atoms with Gasteiger partial charge in [0.05, 0.1) is 32.5 Å². The first-order valence-corrected chi connectivity index (χ1v) is 9.13. The van der Waals surface area contributed by atoms with E-state index in [0.717, 1.165) is 19.5 Å². The molecule has 0 heterocycles. The fourth-order valence-corrected chi connectivity index (χ4v) is 3.34. The molecule has 1 aromatic rings. The molecule has 0 aromatic heterocycles. The van der Waals surface area contributed by atoms with Gasteiger partial charge in [0.2, 0.25) is 0 Å². The Balaban J connectivity index is 2.60. The number of nitrogens with zero attached hydrogens (tertiary/aromatic N) is 2. The quantitative estimate of drug-likeness (QED) is 0.355. The van der Waals surface area contributed by atoms with E-state index in [0.29, 0.717) is 37.1 Å². The van der Waals surface area contributed by atoms with Crippen molar-refractivity contribution in [2.75, 3.05) is 59.6 Å². The topological polar surface area (TPSA) is 84.2 Å². The van der Waals surface area contributed by atoms with Crippen molar-refractivity contribution < 1.29 is 24.9 Å². The maximum Gasteiger partial charge on any atom is 0.104 e. The number of benzene rings is 1. The number of hydrogen-bond acceptors (Lipinski definition) is 5. The van der Waals surface area contributed by atoms with Crippen LogP contribution in [0.3, 0.4) is 0 Å². The third-order valence-electron chi connectivity index (χ3n) is 4.68. The Labute approximate surface area is 151 Å². The van der Waals surface area contributed by atoms with Gasteiger partial charge in [0, 0.05) is 18.7 Å². The number of likely N-dealkylation sites (N-methyl/N-ethyl adjacent to an activating group) is 1. The van der Waals surface area contributed by atoms with E-state index in [-0.39, 0.29) is 19.8 Å². The van der Waals surface area contributed by atoms with Crippen molar-refractivity contribution >= 4 is 0 Å². The molecule has 0 saturated heterocycles. The highest BCUT2D eigenvalue weighted by molar-refractivity contribution is 5.13. The zero-order valence-electron chi connectivity index (χ0n) is 15.4. The lowest BCUT2D eigenvalue weighted by Crippen LogP contribution is -2.51. The molecule has 6 nitrogen and oxygen atoms in total. The largest absolute Gasteiger partial charge is 0.395 e. The van der Waals surface area contributed by atoms with E-state index >= 15 is 0 Å². The van der Waals surface area contributed by atoms with Crippen molar-refractivity contribution in [3.63, 3.8) is 0 Å². The van der Waals surface area contributed by atoms with Gasteiger partial charge in [0.15, 0.2) is 0 Å². The zero-order chi connectivity index (χ0) is 18.5. The van der Waals surface area contributed by atoms with Gasteiger partial charge in [-0.2, -0.15) is 0 Å². The van der Waals surface area contributed by atoms with Gasteiger partial charge >= 0.3 is 0 Å². The fourth-order valence-electron chi connectivity index (χ4n) is 3.34. The van der Waals surface area contributed by atoms with Crippen molar-refractivity contribution in [2.45, 2.75) is 25.5 Å². The van der Waals surface area contributed by atoms with Gasteiger partial charge in [-0.05, 0) is 19.9 Å². The third kappa shape index (κ3) is 8.76. The van der Waals surface area contributed by atoms with Crippen LogP contribution in [0.15, 0.2) is 30.3 Å². The number of quaternary nitrogens is 1. The minimum absolute atomic E-state index is 0.0780. The Kier molecular flexibility index (Phi) is 10.9. The van der Waals surface area contributed by atoms with Gasteiger partial charge in [-0.3, -0.25) is 0 Å². The monoisotopic (exact) mass is 355 g/mol. The van der Waals surface area contributed by atoms with Gasteiger partial charge in [-0.25, -0.2) is 0 Å². The zero-order valence-corrected chi connectivity index (χ0v) is 15.4. The normalized spacial score (nSPS) is 13.4. The molecular formula is C19H35N2O4+. The number of rotatable bonds is 14. The smallest absolute Gasteiger partial charge is 0.104 e. The number of aliphatic hydroxyl groups excluding tert-OH is 4. The molecule has 25 heavy (non-hydrogen) atoms. The van der Waals surface area contributed by atoms with Crippen LogP contribution in [-0.2, 0) is 6.54 Å².